The standard InChI is InChI=1S/C13H12O/c14-13-6-5-11-7-9-3-1-2-4-10(9)8-12(11)13/h2-4,8H,1,5-7H2. The van der Waals surface area contributed by atoms with Crippen LogP contribution < -0.4 is 0 Å². The van der Waals surface area contributed by atoms with E-state index in [1.165, 1.54) is 16.7 Å². The summed E-state index contributed by atoms with van der Waals surface area (Å²) in [6, 6.07) is 0. The van der Waals surface area contributed by atoms with Crippen molar-refractivity contribution in [1.29, 1.82) is 0 Å². The average Bonchev–Trinajstić information content (AvgIpc) is 2.57. The van der Waals surface area contributed by atoms with Crippen LogP contribution in [0.4, 0.5) is 0 Å². The molecule has 0 fully saturated rings. The largest absolute Gasteiger partial charge is 0.294 e. The van der Waals surface area contributed by atoms with Gasteiger partial charge in [0.25, 0.3) is 0 Å². The molecule has 0 bridgehead atoms. The Kier molecular flexibility index (Phi) is 1.60. The van der Waals surface area contributed by atoms with Crippen LogP contribution in [0.15, 0.2) is 46.6 Å². The molecular formula is C13H12O. The van der Waals surface area contributed by atoms with Crippen molar-refractivity contribution in [2.24, 2.45) is 0 Å². The first-order valence-corrected chi connectivity index (χ1v) is 5.17. The lowest BCUT2D eigenvalue weighted by atomic mass is 9.86. The molecule has 0 saturated carbocycles. The van der Waals surface area contributed by atoms with Gasteiger partial charge < -0.3 is 0 Å². The van der Waals surface area contributed by atoms with Gasteiger partial charge in [0.2, 0.25) is 0 Å². The first-order chi connectivity index (χ1) is 6.84. The third-order valence-corrected chi connectivity index (χ3v) is 3.21. The molecule has 1 nitrogen and oxygen atoms in total. The fourth-order valence-electron chi connectivity index (χ4n) is 2.43. The maximum Gasteiger partial charge on any atom is 0.163 e. The Morgan fingerprint density at radius 2 is 2.14 bits per heavy atom. The van der Waals surface area contributed by atoms with Gasteiger partial charge in [0, 0.05) is 12.0 Å². The van der Waals surface area contributed by atoms with Gasteiger partial charge in [-0.3, -0.25) is 4.79 Å². The summed E-state index contributed by atoms with van der Waals surface area (Å²) >= 11 is 0. The van der Waals surface area contributed by atoms with Gasteiger partial charge in [-0.25, -0.2) is 0 Å². The van der Waals surface area contributed by atoms with Crippen LogP contribution in [0.1, 0.15) is 25.7 Å². The second-order valence-electron chi connectivity index (χ2n) is 4.08. The third kappa shape index (κ3) is 1.05. The van der Waals surface area contributed by atoms with Crippen molar-refractivity contribution in [2.75, 3.05) is 0 Å². The maximum atomic E-state index is 11.5. The van der Waals surface area contributed by atoms with Gasteiger partial charge in [-0.1, -0.05) is 23.8 Å². The lowest BCUT2D eigenvalue weighted by Gasteiger charge is -2.18. The Labute approximate surface area is 83.5 Å². The Balaban J connectivity index is 2.09. The molecule has 3 aliphatic rings. The first kappa shape index (κ1) is 7.98. The van der Waals surface area contributed by atoms with Crippen molar-refractivity contribution in [3.63, 3.8) is 0 Å². The minimum Gasteiger partial charge on any atom is -0.294 e. The van der Waals surface area contributed by atoms with Crippen LogP contribution in [0, 0.1) is 0 Å². The lowest BCUT2D eigenvalue weighted by molar-refractivity contribution is -0.114. The van der Waals surface area contributed by atoms with Crippen LogP contribution in [0.3, 0.4) is 0 Å². The highest BCUT2D eigenvalue weighted by atomic mass is 16.1. The van der Waals surface area contributed by atoms with Crippen LogP contribution in [0.5, 0.6) is 0 Å². The molecule has 0 aromatic rings. The van der Waals surface area contributed by atoms with Gasteiger partial charge in [-0.2, -0.15) is 0 Å². The van der Waals surface area contributed by atoms with Gasteiger partial charge in [-0.05, 0) is 36.5 Å². The van der Waals surface area contributed by atoms with Crippen molar-refractivity contribution >= 4 is 5.78 Å². The van der Waals surface area contributed by atoms with E-state index in [1.807, 2.05) is 0 Å². The van der Waals surface area contributed by atoms with Gasteiger partial charge in [0.05, 0.1) is 0 Å². The lowest BCUT2D eigenvalue weighted by Crippen LogP contribution is -2.03. The molecule has 0 radical (unpaired) electrons. The van der Waals surface area contributed by atoms with E-state index in [4.69, 9.17) is 0 Å². The minimum atomic E-state index is 0.338. The molecule has 3 aliphatic carbocycles. The number of hydrogen-bond acceptors (Lipinski definition) is 1. The molecule has 0 amide bonds. The molecule has 0 unspecified atom stereocenters. The fraction of sp³-hybridized carbons (Fsp3) is 0.308. The van der Waals surface area contributed by atoms with E-state index in [-0.39, 0.29) is 0 Å². The summed E-state index contributed by atoms with van der Waals surface area (Å²) in [4.78, 5) is 11.5. The molecule has 3 rings (SSSR count). The maximum absolute atomic E-state index is 11.5. The topological polar surface area (TPSA) is 17.1 Å². The second-order valence-corrected chi connectivity index (χ2v) is 4.08. The summed E-state index contributed by atoms with van der Waals surface area (Å²) in [5, 5.41) is 0. The number of fused-ring (bicyclic) bond motifs is 1. The number of carbonyl (C=O) groups excluding carboxylic acids is 1. The summed E-state index contributed by atoms with van der Waals surface area (Å²) in [6.07, 6.45) is 12.4. The summed E-state index contributed by atoms with van der Waals surface area (Å²) in [7, 11) is 0. The number of allylic oxidation sites excluding steroid dienone is 8. The molecule has 0 aromatic carbocycles. The molecule has 0 aliphatic heterocycles. The van der Waals surface area contributed by atoms with Crippen molar-refractivity contribution in [2.45, 2.75) is 25.7 Å². The number of carbonyl (C=O) groups is 1. The molecule has 0 aromatic heterocycles. The highest BCUT2D eigenvalue weighted by molar-refractivity contribution is 6.02. The Morgan fingerprint density at radius 1 is 1.21 bits per heavy atom. The summed E-state index contributed by atoms with van der Waals surface area (Å²) in [6.45, 7) is 0. The zero-order chi connectivity index (χ0) is 9.54. The quantitative estimate of drug-likeness (QED) is 0.565. The Morgan fingerprint density at radius 3 is 3.07 bits per heavy atom. The number of rotatable bonds is 0. The summed E-state index contributed by atoms with van der Waals surface area (Å²) < 4.78 is 0. The molecule has 14 heavy (non-hydrogen) atoms. The minimum absolute atomic E-state index is 0.338. The monoisotopic (exact) mass is 184 g/mol. The van der Waals surface area contributed by atoms with E-state index in [1.54, 1.807) is 0 Å². The molecule has 1 heteroatoms. The zero-order valence-corrected chi connectivity index (χ0v) is 8.05. The highest BCUT2D eigenvalue weighted by Gasteiger charge is 2.26. The van der Waals surface area contributed by atoms with E-state index in [9.17, 15) is 4.79 Å². The van der Waals surface area contributed by atoms with Crippen LogP contribution >= 0.6 is 0 Å². The SMILES string of the molecule is O=C1CCC2=C1C=C1C=CCC=C1C2. The van der Waals surface area contributed by atoms with Crippen LogP contribution in [0.25, 0.3) is 0 Å². The molecule has 0 heterocycles. The summed E-state index contributed by atoms with van der Waals surface area (Å²) in [5.41, 5.74) is 5.04. The molecule has 70 valence electrons. The molecule has 0 atom stereocenters. The Bertz CT molecular complexity index is 430. The smallest absolute Gasteiger partial charge is 0.163 e. The third-order valence-electron chi connectivity index (χ3n) is 3.21. The van der Waals surface area contributed by atoms with E-state index >= 15 is 0 Å². The van der Waals surface area contributed by atoms with Crippen LogP contribution in [0.2, 0.25) is 0 Å². The van der Waals surface area contributed by atoms with E-state index < -0.39 is 0 Å². The van der Waals surface area contributed by atoms with Gasteiger partial charge >= 0.3 is 0 Å². The number of ketones is 1. The summed E-state index contributed by atoms with van der Waals surface area (Å²) in [5.74, 6) is 0.338. The molecule has 0 saturated heterocycles. The predicted molar refractivity (Wildman–Crippen MR) is 55.8 cm³/mol. The number of hydrogen-bond donors (Lipinski definition) is 0. The van der Waals surface area contributed by atoms with Crippen molar-refractivity contribution in [3.8, 4) is 0 Å². The predicted octanol–water partition coefficient (Wildman–Crippen LogP) is 2.86. The van der Waals surface area contributed by atoms with Crippen LogP contribution in [-0.4, -0.2) is 5.78 Å². The van der Waals surface area contributed by atoms with Gasteiger partial charge in [0.1, 0.15) is 0 Å². The zero-order valence-electron chi connectivity index (χ0n) is 8.05. The van der Waals surface area contributed by atoms with Crippen molar-refractivity contribution in [1.82, 2.24) is 0 Å². The molecule has 0 N–H and O–H groups in total. The molecule has 0 spiro atoms. The normalized spacial score (nSPS) is 24.4. The molecular weight excluding hydrogens is 172 g/mol. The first-order valence-electron chi connectivity index (χ1n) is 5.17. The van der Waals surface area contributed by atoms with Crippen molar-refractivity contribution in [3.05, 3.63) is 46.6 Å². The number of Topliss-reactive ketones (excluding diaryl/α,β-unsaturated/α-hetero) is 1. The van der Waals surface area contributed by atoms with Gasteiger partial charge in [-0.15, -0.1) is 0 Å². The van der Waals surface area contributed by atoms with E-state index in [0.29, 0.717) is 5.78 Å². The second kappa shape index (κ2) is 2.81. The van der Waals surface area contributed by atoms with Gasteiger partial charge in [0.15, 0.2) is 5.78 Å². The van der Waals surface area contributed by atoms with E-state index in [2.05, 4.69) is 24.3 Å². The average molecular weight is 184 g/mol. The highest BCUT2D eigenvalue weighted by Crippen LogP contribution is 2.38. The van der Waals surface area contributed by atoms with E-state index in [0.717, 1.165) is 31.3 Å². The fourth-order valence-corrected chi connectivity index (χ4v) is 2.43. The Hall–Kier alpha value is -1.37. The van der Waals surface area contributed by atoms with Crippen molar-refractivity contribution < 1.29 is 4.79 Å². The van der Waals surface area contributed by atoms with Crippen LogP contribution in [-0.2, 0) is 4.79 Å².